The Morgan fingerprint density at radius 2 is 0.680 bits per heavy atom. The van der Waals surface area contributed by atoms with Crippen molar-refractivity contribution in [2.45, 2.75) is 51.4 Å². The molecular weight excluding hydrogens is 617 g/mol. The van der Waals surface area contributed by atoms with Crippen LogP contribution >= 0.6 is 0 Å². The molecule has 8 heteroatoms. The molecule has 0 aliphatic carbocycles. The molecule has 0 saturated heterocycles. The first kappa shape index (κ1) is 29.4. The van der Waals surface area contributed by atoms with Gasteiger partial charge in [-0.25, -0.2) is 9.97 Å². The monoisotopic (exact) mass is 658 g/mol. The molecule has 0 saturated carbocycles. The third-order valence-electron chi connectivity index (χ3n) is 11.0. The molecule has 250 valence electrons. The number of para-hydroxylation sites is 4. The number of nitrogens with zero attached hydrogens (tertiary/aromatic N) is 6. The van der Waals surface area contributed by atoms with Crippen LogP contribution in [0.5, 0.6) is 0 Å². The van der Waals surface area contributed by atoms with Gasteiger partial charge < -0.3 is 29.6 Å². The zero-order valence-corrected chi connectivity index (χ0v) is 28.4. The summed E-state index contributed by atoms with van der Waals surface area (Å²) in [4.78, 5) is 28.5. The van der Waals surface area contributed by atoms with E-state index in [2.05, 4.69) is 127 Å². The summed E-state index contributed by atoms with van der Waals surface area (Å²) in [6, 6.07) is 35.3. The summed E-state index contributed by atoms with van der Waals surface area (Å²) in [5, 5.41) is 0. The first-order valence-electron chi connectivity index (χ1n) is 18.4. The molecular formula is C42H42N8. The molecule has 0 atom stereocenters. The molecule has 0 amide bonds. The van der Waals surface area contributed by atoms with Crippen molar-refractivity contribution < 1.29 is 0 Å². The minimum Gasteiger partial charge on any atom is -0.325 e. The molecule has 6 heterocycles. The van der Waals surface area contributed by atoms with Crippen molar-refractivity contribution in [2.75, 3.05) is 45.8 Å². The van der Waals surface area contributed by atoms with Gasteiger partial charge >= 0.3 is 0 Å². The smallest absolute Gasteiger partial charge is 0.177 e. The van der Waals surface area contributed by atoms with Crippen LogP contribution in [0.25, 0.3) is 11.6 Å². The maximum absolute atomic E-state index is 5.48. The quantitative estimate of drug-likeness (QED) is 0.193. The number of imidazole rings is 2. The molecule has 4 aromatic carbocycles. The number of anilines is 8. The minimum absolute atomic E-state index is 0.768. The molecule has 4 aliphatic heterocycles. The van der Waals surface area contributed by atoms with Crippen molar-refractivity contribution in [2.24, 2.45) is 0 Å². The number of H-pyrrole nitrogens is 2. The number of nitrogens with one attached hydrogen (secondary N) is 2. The van der Waals surface area contributed by atoms with Crippen molar-refractivity contribution in [3.05, 3.63) is 119 Å². The van der Waals surface area contributed by atoms with E-state index in [-0.39, 0.29) is 0 Å². The fraction of sp³-hybridized carbons (Fsp3) is 0.286. The molecule has 10 rings (SSSR count). The molecule has 8 nitrogen and oxygen atoms in total. The number of rotatable bonds is 5. The Bertz CT molecular complexity index is 1890. The first-order valence-corrected chi connectivity index (χ1v) is 18.4. The highest BCUT2D eigenvalue weighted by molar-refractivity contribution is 5.84. The van der Waals surface area contributed by atoms with Gasteiger partial charge in [0.15, 0.2) is 34.9 Å². The van der Waals surface area contributed by atoms with Gasteiger partial charge in [-0.3, -0.25) is 0 Å². The van der Waals surface area contributed by atoms with Gasteiger partial charge in [-0.15, -0.1) is 0 Å². The Kier molecular flexibility index (Phi) is 7.13. The maximum atomic E-state index is 5.48. The van der Waals surface area contributed by atoms with E-state index >= 15 is 0 Å². The second-order valence-electron chi connectivity index (χ2n) is 14.1. The van der Waals surface area contributed by atoms with Crippen LogP contribution in [0.3, 0.4) is 0 Å². The van der Waals surface area contributed by atoms with Crippen LogP contribution in [0.1, 0.15) is 47.9 Å². The standard InChI is InChI=1S/C42H42N8/c1-5-21-33-29(13-1)17-9-25-47(33)39-40(48-26-10-18-30-14-2-6-22-34(30)48)44-37(43-39)38-45-41(49-27-11-19-31-15-3-7-23-35(31)49)42(46-38)50-28-12-20-32-16-4-8-24-36(32)50/h1-8,13-16,21-24H,9-12,17-20,25-28H2,(H,43,44)(H,45,46). The highest BCUT2D eigenvalue weighted by Gasteiger charge is 2.33. The highest BCUT2D eigenvalue weighted by atomic mass is 15.3. The number of aryl methyl sites for hydroxylation is 4. The van der Waals surface area contributed by atoms with Gasteiger partial charge in [0.1, 0.15) is 0 Å². The van der Waals surface area contributed by atoms with Crippen LogP contribution in [-0.2, 0) is 25.7 Å². The SMILES string of the molecule is c1ccc2c(c1)CCCN2c1nc(-c2nc(N3CCCc4ccccc43)c(N3CCCc4ccccc43)[nH]2)[nH]c1N1CCCc2ccccc21. The van der Waals surface area contributed by atoms with Crippen LogP contribution in [-0.4, -0.2) is 46.1 Å². The average molecular weight is 659 g/mol. The van der Waals surface area contributed by atoms with Gasteiger partial charge in [0.2, 0.25) is 0 Å². The van der Waals surface area contributed by atoms with Gasteiger partial charge in [0, 0.05) is 48.9 Å². The number of aromatic nitrogens is 4. The highest BCUT2D eigenvalue weighted by Crippen LogP contribution is 2.46. The topological polar surface area (TPSA) is 70.3 Å². The predicted octanol–water partition coefficient (Wildman–Crippen LogP) is 9.14. The van der Waals surface area contributed by atoms with E-state index in [9.17, 15) is 0 Å². The summed E-state index contributed by atoms with van der Waals surface area (Å²) < 4.78 is 0. The van der Waals surface area contributed by atoms with Crippen LogP contribution in [0.4, 0.5) is 46.0 Å². The van der Waals surface area contributed by atoms with Crippen LogP contribution in [0, 0.1) is 0 Å². The Morgan fingerprint density at radius 3 is 1.04 bits per heavy atom. The summed E-state index contributed by atoms with van der Waals surface area (Å²) in [7, 11) is 0. The Hall–Kier alpha value is -5.50. The van der Waals surface area contributed by atoms with Crippen molar-refractivity contribution in [1.82, 2.24) is 19.9 Å². The van der Waals surface area contributed by atoms with E-state index in [1.165, 1.54) is 45.0 Å². The molecule has 2 aromatic heterocycles. The molecule has 0 fully saturated rings. The van der Waals surface area contributed by atoms with Gasteiger partial charge in [-0.05, 0) is 97.9 Å². The molecule has 2 N–H and O–H groups in total. The van der Waals surface area contributed by atoms with Gasteiger partial charge in [-0.1, -0.05) is 72.8 Å². The normalized spacial score (nSPS) is 16.9. The summed E-state index contributed by atoms with van der Waals surface area (Å²) in [6.45, 7) is 3.72. The van der Waals surface area contributed by atoms with Gasteiger partial charge in [0.05, 0.1) is 0 Å². The van der Waals surface area contributed by atoms with E-state index in [4.69, 9.17) is 9.97 Å². The zero-order chi connectivity index (χ0) is 33.0. The predicted molar refractivity (Wildman–Crippen MR) is 203 cm³/mol. The van der Waals surface area contributed by atoms with Crippen LogP contribution in [0.15, 0.2) is 97.1 Å². The van der Waals surface area contributed by atoms with Crippen molar-refractivity contribution >= 4 is 46.0 Å². The minimum atomic E-state index is 0.768. The van der Waals surface area contributed by atoms with E-state index in [0.717, 1.165) is 112 Å². The fourth-order valence-corrected chi connectivity index (χ4v) is 8.73. The lowest BCUT2D eigenvalue weighted by atomic mass is 10.0. The number of fused-ring (bicyclic) bond motifs is 4. The lowest BCUT2D eigenvalue weighted by Crippen LogP contribution is -2.29. The summed E-state index contributed by atoms with van der Waals surface area (Å²) in [5.41, 5.74) is 10.5. The molecule has 4 aliphatic rings. The third kappa shape index (κ3) is 4.88. The fourth-order valence-electron chi connectivity index (χ4n) is 8.73. The largest absolute Gasteiger partial charge is 0.325 e. The molecule has 0 bridgehead atoms. The van der Waals surface area contributed by atoms with Crippen molar-refractivity contribution in [3.8, 4) is 11.6 Å². The molecule has 6 aromatic rings. The Balaban J connectivity index is 1.16. The molecule has 0 spiro atoms. The summed E-state index contributed by atoms with van der Waals surface area (Å²) in [5.74, 6) is 5.54. The van der Waals surface area contributed by atoms with Crippen LogP contribution < -0.4 is 19.6 Å². The van der Waals surface area contributed by atoms with E-state index in [1.807, 2.05) is 0 Å². The number of benzene rings is 4. The summed E-state index contributed by atoms with van der Waals surface area (Å²) >= 11 is 0. The maximum Gasteiger partial charge on any atom is 0.177 e. The third-order valence-corrected chi connectivity index (χ3v) is 11.0. The molecule has 0 unspecified atom stereocenters. The van der Waals surface area contributed by atoms with E-state index in [1.54, 1.807) is 0 Å². The van der Waals surface area contributed by atoms with E-state index in [0.29, 0.717) is 0 Å². The number of hydrogen-bond acceptors (Lipinski definition) is 6. The van der Waals surface area contributed by atoms with Gasteiger partial charge in [0.25, 0.3) is 0 Å². The second kappa shape index (κ2) is 12.1. The van der Waals surface area contributed by atoms with Gasteiger partial charge in [-0.2, -0.15) is 0 Å². The van der Waals surface area contributed by atoms with Crippen molar-refractivity contribution in [1.29, 1.82) is 0 Å². The number of hydrogen-bond donors (Lipinski definition) is 2. The van der Waals surface area contributed by atoms with E-state index < -0.39 is 0 Å². The van der Waals surface area contributed by atoms with Crippen LogP contribution in [0.2, 0.25) is 0 Å². The number of aromatic amines is 2. The molecule has 0 radical (unpaired) electrons. The lowest BCUT2D eigenvalue weighted by Gasteiger charge is -2.34. The second-order valence-corrected chi connectivity index (χ2v) is 14.1. The zero-order valence-electron chi connectivity index (χ0n) is 28.4. The van der Waals surface area contributed by atoms with Crippen molar-refractivity contribution in [3.63, 3.8) is 0 Å². The Morgan fingerprint density at radius 1 is 0.380 bits per heavy atom. The lowest BCUT2D eigenvalue weighted by molar-refractivity contribution is 0.746. The Labute approximate surface area is 293 Å². The molecule has 50 heavy (non-hydrogen) atoms. The first-order chi connectivity index (χ1) is 24.8. The average Bonchev–Trinajstić information content (AvgIpc) is 3.83. The summed E-state index contributed by atoms with van der Waals surface area (Å²) in [6.07, 6.45) is 8.74.